The summed E-state index contributed by atoms with van der Waals surface area (Å²) in [4.78, 5) is 0. The molecule has 1 atom stereocenters. The molecule has 0 amide bonds. The van der Waals surface area contributed by atoms with Gasteiger partial charge in [0.15, 0.2) is 0 Å². The van der Waals surface area contributed by atoms with E-state index in [1.54, 1.807) is 4.31 Å². The van der Waals surface area contributed by atoms with E-state index in [4.69, 9.17) is 4.74 Å². The molecule has 1 saturated carbocycles. The lowest BCUT2D eigenvalue weighted by atomic mass is 10.00. The van der Waals surface area contributed by atoms with Crippen LogP contribution in [0.2, 0.25) is 0 Å². The molecule has 0 aromatic rings. The molecule has 6 nitrogen and oxygen atoms in total. The number of nitrogens with zero attached hydrogens (tertiary/aromatic N) is 1. The van der Waals surface area contributed by atoms with Gasteiger partial charge in [-0.15, -0.1) is 0 Å². The van der Waals surface area contributed by atoms with Crippen LogP contribution in [-0.4, -0.2) is 58.2 Å². The van der Waals surface area contributed by atoms with E-state index in [0.717, 1.165) is 19.4 Å². The molecule has 1 heterocycles. The van der Waals surface area contributed by atoms with Crippen LogP contribution in [0.15, 0.2) is 0 Å². The summed E-state index contributed by atoms with van der Waals surface area (Å²) in [7, 11) is -3.33. The highest BCUT2D eigenvalue weighted by Gasteiger charge is 2.29. The zero-order valence-corrected chi connectivity index (χ0v) is 13.8. The third-order valence-electron chi connectivity index (χ3n) is 4.05. The maximum Gasteiger partial charge on any atom is 0.279 e. The Morgan fingerprint density at radius 2 is 2.10 bits per heavy atom. The average Bonchev–Trinajstić information content (AvgIpc) is 3.29. The zero-order valence-electron chi connectivity index (χ0n) is 13.0. The molecular formula is C14H29N3O3S. The van der Waals surface area contributed by atoms with Crippen molar-refractivity contribution in [3.8, 4) is 0 Å². The predicted octanol–water partition coefficient (Wildman–Crippen LogP) is 0.711. The van der Waals surface area contributed by atoms with E-state index >= 15 is 0 Å². The number of ether oxygens (including phenoxy) is 1. The quantitative estimate of drug-likeness (QED) is 0.582. The highest BCUT2D eigenvalue weighted by atomic mass is 32.2. The van der Waals surface area contributed by atoms with Gasteiger partial charge in [-0.2, -0.15) is 12.7 Å². The van der Waals surface area contributed by atoms with E-state index in [1.165, 1.54) is 12.8 Å². The Balaban J connectivity index is 1.70. The van der Waals surface area contributed by atoms with Crippen LogP contribution in [0.1, 0.15) is 39.0 Å². The van der Waals surface area contributed by atoms with E-state index in [2.05, 4.69) is 10.0 Å². The summed E-state index contributed by atoms with van der Waals surface area (Å²) in [6, 6.07) is 0.689. The van der Waals surface area contributed by atoms with Gasteiger partial charge in [0, 0.05) is 38.9 Å². The van der Waals surface area contributed by atoms with Crippen molar-refractivity contribution >= 4 is 10.2 Å². The molecule has 124 valence electrons. The Kier molecular flexibility index (Phi) is 6.88. The molecule has 7 heteroatoms. The number of rotatable bonds is 10. The van der Waals surface area contributed by atoms with Gasteiger partial charge in [-0.25, -0.2) is 4.72 Å². The molecule has 0 aromatic carbocycles. The molecule has 2 N–H and O–H groups in total. The first-order chi connectivity index (χ1) is 10.1. The lowest BCUT2D eigenvalue weighted by molar-refractivity contribution is 0.145. The van der Waals surface area contributed by atoms with E-state index in [0.29, 0.717) is 51.2 Å². The topological polar surface area (TPSA) is 70.7 Å². The molecule has 1 saturated heterocycles. The zero-order chi connectivity index (χ0) is 15.1. The lowest BCUT2D eigenvalue weighted by Gasteiger charge is -2.32. The van der Waals surface area contributed by atoms with Crippen LogP contribution >= 0.6 is 0 Å². The van der Waals surface area contributed by atoms with Crippen molar-refractivity contribution in [2.75, 3.05) is 39.4 Å². The van der Waals surface area contributed by atoms with Gasteiger partial charge in [-0.1, -0.05) is 0 Å². The largest absolute Gasteiger partial charge is 0.382 e. The first kappa shape index (κ1) is 17.1. The second-order valence-electron chi connectivity index (χ2n) is 6.00. The molecular weight excluding hydrogens is 290 g/mol. The molecule has 2 aliphatic rings. The standard InChI is InChI=1S/C14H29N3O3S/c1-2-20-10-4-8-16-21(18,19)17-9-3-5-13(12-17)11-15-14-6-7-14/h13-16H,2-12H2,1H3. The summed E-state index contributed by atoms with van der Waals surface area (Å²) in [5, 5.41) is 3.51. The predicted molar refractivity (Wildman–Crippen MR) is 83.4 cm³/mol. The Bertz CT molecular complexity index is 398. The van der Waals surface area contributed by atoms with Crippen molar-refractivity contribution in [1.29, 1.82) is 0 Å². The fourth-order valence-electron chi connectivity index (χ4n) is 2.64. The van der Waals surface area contributed by atoms with Gasteiger partial charge in [0.1, 0.15) is 0 Å². The van der Waals surface area contributed by atoms with Crippen molar-refractivity contribution in [3.05, 3.63) is 0 Å². The molecule has 1 unspecified atom stereocenters. The fourth-order valence-corrected chi connectivity index (χ4v) is 4.00. The number of hydrogen-bond acceptors (Lipinski definition) is 4. The molecule has 0 aromatic heterocycles. The van der Waals surface area contributed by atoms with Gasteiger partial charge in [-0.05, 0) is 51.5 Å². The van der Waals surface area contributed by atoms with Crippen LogP contribution in [0.25, 0.3) is 0 Å². The minimum absolute atomic E-state index is 0.444. The van der Waals surface area contributed by atoms with Crippen molar-refractivity contribution in [2.24, 2.45) is 5.92 Å². The normalized spacial score (nSPS) is 24.3. The van der Waals surface area contributed by atoms with Gasteiger partial charge < -0.3 is 10.1 Å². The van der Waals surface area contributed by atoms with E-state index < -0.39 is 10.2 Å². The lowest BCUT2D eigenvalue weighted by Crippen LogP contribution is -2.48. The third kappa shape index (κ3) is 6.20. The third-order valence-corrected chi connectivity index (χ3v) is 5.63. The van der Waals surface area contributed by atoms with Crippen LogP contribution in [-0.2, 0) is 14.9 Å². The fraction of sp³-hybridized carbons (Fsp3) is 1.00. The molecule has 1 aliphatic carbocycles. The highest BCUT2D eigenvalue weighted by Crippen LogP contribution is 2.22. The monoisotopic (exact) mass is 319 g/mol. The number of nitrogens with one attached hydrogen (secondary N) is 2. The molecule has 2 fully saturated rings. The second-order valence-corrected chi connectivity index (χ2v) is 7.75. The Hall–Kier alpha value is -0.210. The van der Waals surface area contributed by atoms with Crippen LogP contribution in [0.3, 0.4) is 0 Å². The maximum atomic E-state index is 12.3. The average molecular weight is 319 g/mol. The van der Waals surface area contributed by atoms with E-state index in [-0.39, 0.29) is 0 Å². The smallest absolute Gasteiger partial charge is 0.279 e. The molecule has 21 heavy (non-hydrogen) atoms. The van der Waals surface area contributed by atoms with Gasteiger partial charge in [-0.3, -0.25) is 0 Å². The van der Waals surface area contributed by atoms with Crippen molar-refractivity contribution in [3.63, 3.8) is 0 Å². The van der Waals surface area contributed by atoms with Crippen LogP contribution in [0.4, 0.5) is 0 Å². The van der Waals surface area contributed by atoms with Crippen LogP contribution < -0.4 is 10.0 Å². The summed E-state index contributed by atoms with van der Waals surface area (Å²) in [6.07, 6.45) is 5.34. The second kappa shape index (κ2) is 8.43. The SMILES string of the molecule is CCOCCCNS(=O)(=O)N1CCCC(CNC2CC2)C1. The molecule has 2 rings (SSSR count). The van der Waals surface area contributed by atoms with Crippen molar-refractivity contribution in [2.45, 2.75) is 45.1 Å². The molecule has 0 bridgehead atoms. The summed E-state index contributed by atoms with van der Waals surface area (Å²) >= 11 is 0. The minimum Gasteiger partial charge on any atom is -0.382 e. The van der Waals surface area contributed by atoms with Crippen LogP contribution in [0, 0.1) is 5.92 Å². The van der Waals surface area contributed by atoms with E-state index in [9.17, 15) is 8.42 Å². The minimum atomic E-state index is -3.33. The van der Waals surface area contributed by atoms with Gasteiger partial charge >= 0.3 is 0 Å². The van der Waals surface area contributed by atoms with E-state index in [1.807, 2.05) is 6.92 Å². The number of hydrogen-bond donors (Lipinski definition) is 2. The molecule has 0 spiro atoms. The maximum absolute atomic E-state index is 12.3. The summed E-state index contributed by atoms with van der Waals surface area (Å²) < 4.78 is 34.0. The van der Waals surface area contributed by atoms with Gasteiger partial charge in [0.05, 0.1) is 0 Å². The molecule has 1 aliphatic heterocycles. The van der Waals surface area contributed by atoms with Crippen LogP contribution in [0.5, 0.6) is 0 Å². The summed E-state index contributed by atoms with van der Waals surface area (Å²) in [6.45, 7) is 5.89. The highest BCUT2D eigenvalue weighted by molar-refractivity contribution is 7.87. The first-order valence-electron chi connectivity index (χ1n) is 8.17. The summed E-state index contributed by atoms with van der Waals surface area (Å²) in [5.41, 5.74) is 0. The van der Waals surface area contributed by atoms with Crippen molar-refractivity contribution < 1.29 is 13.2 Å². The van der Waals surface area contributed by atoms with Gasteiger partial charge in [0.2, 0.25) is 0 Å². The Morgan fingerprint density at radius 3 is 2.81 bits per heavy atom. The first-order valence-corrected chi connectivity index (χ1v) is 9.61. The number of piperidine rings is 1. The summed E-state index contributed by atoms with van der Waals surface area (Å²) in [5.74, 6) is 0.444. The Morgan fingerprint density at radius 1 is 1.29 bits per heavy atom. The van der Waals surface area contributed by atoms with Crippen molar-refractivity contribution in [1.82, 2.24) is 14.3 Å². The molecule has 0 radical (unpaired) electrons. The Labute approximate surface area is 128 Å². The van der Waals surface area contributed by atoms with Gasteiger partial charge in [0.25, 0.3) is 10.2 Å².